The Hall–Kier alpha value is -1.17. The van der Waals surface area contributed by atoms with Crippen LogP contribution < -0.4 is 4.74 Å². The van der Waals surface area contributed by atoms with Crippen LogP contribution in [0.2, 0.25) is 0 Å². The molecule has 0 aliphatic rings. The molecule has 12 heteroatoms. The Labute approximate surface area is 131 Å². The number of hydrogen-bond donors (Lipinski definition) is 1. The molecular formula is C11H6BrF9O2. The van der Waals surface area contributed by atoms with Crippen LogP contribution in [0.4, 0.5) is 39.5 Å². The van der Waals surface area contributed by atoms with E-state index in [0.29, 0.717) is 6.07 Å². The lowest BCUT2D eigenvalue weighted by atomic mass is 10.0. The molecule has 1 N–H and O–H groups in total. The lowest BCUT2D eigenvalue weighted by Gasteiger charge is -2.31. The van der Waals surface area contributed by atoms with Crippen LogP contribution in [0.3, 0.4) is 0 Å². The molecule has 1 aromatic carbocycles. The molecule has 1 aromatic rings. The average molecular weight is 421 g/mol. The van der Waals surface area contributed by atoms with Gasteiger partial charge in [-0.05, 0) is 18.2 Å². The first-order valence-corrected chi connectivity index (χ1v) is 6.24. The van der Waals surface area contributed by atoms with E-state index in [2.05, 4.69) is 20.7 Å². The van der Waals surface area contributed by atoms with E-state index in [4.69, 9.17) is 5.11 Å². The molecule has 23 heavy (non-hydrogen) atoms. The fourth-order valence-electron chi connectivity index (χ4n) is 1.32. The summed E-state index contributed by atoms with van der Waals surface area (Å²) in [6.07, 6.45) is -17.2. The molecule has 2 nitrogen and oxygen atoms in total. The second kappa shape index (κ2) is 6.04. The monoisotopic (exact) mass is 420 g/mol. The molecule has 1 rings (SSSR count). The molecule has 0 saturated carbocycles. The molecule has 0 radical (unpaired) electrons. The van der Waals surface area contributed by atoms with Crippen molar-refractivity contribution in [3.05, 3.63) is 28.2 Å². The average Bonchev–Trinajstić information content (AvgIpc) is 2.33. The highest BCUT2D eigenvalue weighted by molar-refractivity contribution is 9.10. The molecule has 0 aromatic heterocycles. The highest BCUT2D eigenvalue weighted by Gasteiger charge is 2.71. The van der Waals surface area contributed by atoms with Gasteiger partial charge in [-0.3, -0.25) is 0 Å². The van der Waals surface area contributed by atoms with Gasteiger partial charge >= 0.3 is 18.5 Å². The van der Waals surface area contributed by atoms with Crippen LogP contribution in [-0.2, 0) is 6.18 Å². The van der Waals surface area contributed by atoms with E-state index < -0.39 is 46.5 Å². The molecule has 0 aliphatic heterocycles. The normalized spacial score (nSPS) is 14.0. The van der Waals surface area contributed by atoms with Gasteiger partial charge in [0.15, 0.2) is 0 Å². The third kappa shape index (κ3) is 4.22. The van der Waals surface area contributed by atoms with E-state index in [1.54, 1.807) is 0 Å². The minimum Gasteiger partial charge on any atom is -0.490 e. The zero-order chi connectivity index (χ0) is 18.3. The Balaban J connectivity index is 3.10. The van der Waals surface area contributed by atoms with Gasteiger partial charge in [-0.2, -0.15) is 39.5 Å². The van der Waals surface area contributed by atoms with Gasteiger partial charge in [0.05, 0.1) is 5.56 Å². The van der Waals surface area contributed by atoms with Gasteiger partial charge in [-0.15, -0.1) is 0 Å². The molecule has 132 valence electrons. The van der Waals surface area contributed by atoms with Crippen molar-refractivity contribution in [2.45, 2.75) is 24.1 Å². The minimum absolute atomic E-state index is 0.206. The molecule has 0 amide bonds. The number of rotatable bonds is 3. The maximum Gasteiger partial charge on any atom is 0.429 e. The summed E-state index contributed by atoms with van der Waals surface area (Å²) >= 11 is 2.54. The summed E-state index contributed by atoms with van der Waals surface area (Å²) in [4.78, 5) is 0. The first-order chi connectivity index (χ1) is 10.1. The van der Waals surface area contributed by atoms with Gasteiger partial charge in [0.2, 0.25) is 0 Å². The smallest absolute Gasteiger partial charge is 0.429 e. The van der Waals surface area contributed by atoms with Crippen LogP contribution in [0.5, 0.6) is 5.75 Å². The van der Waals surface area contributed by atoms with Gasteiger partial charge < -0.3 is 9.84 Å². The second-order valence-corrected chi connectivity index (χ2v) is 5.14. The van der Waals surface area contributed by atoms with Crippen LogP contribution >= 0.6 is 15.9 Å². The summed E-state index contributed by atoms with van der Waals surface area (Å²) in [6.45, 7) is -2.35. The third-order valence-corrected chi connectivity index (χ3v) is 3.32. The number of alkyl halides is 9. The van der Waals surface area contributed by atoms with Crippen molar-refractivity contribution in [1.29, 1.82) is 0 Å². The second-order valence-electron chi connectivity index (χ2n) is 4.28. The van der Waals surface area contributed by atoms with Crippen molar-refractivity contribution in [2.75, 3.05) is 6.61 Å². The van der Waals surface area contributed by atoms with Crippen LogP contribution in [0.25, 0.3) is 0 Å². The standard InChI is InChI=1S/C11H6BrF9O2/c12-7-2-1-5(3-6(7)9(13,14)15)23-4-8(22,10(16,17)18)11(19,20)21/h1-3,22H,4H2. The Morgan fingerprint density at radius 1 is 0.913 bits per heavy atom. The fourth-order valence-corrected chi connectivity index (χ4v) is 1.79. The molecule has 0 fully saturated rings. The lowest BCUT2D eigenvalue weighted by molar-refractivity contribution is -0.373. The summed E-state index contributed by atoms with van der Waals surface area (Å²) in [5, 5.41) is 8.82. The Bertz CT molecular complexity index is 548. The zero-order valence-corrected chi connectivity index (χ0v) is 12.2. The molecule has 0 unspecified atom stereocenters. The summed E-state index contributed by atoms with van der Waals surface area (Å²) in [7, 11) is 0. The summed E-state index contributed by atoms with van der Waals surface area (Å²) in [5.74, 6) is -0.924. The van der Waals surface area contributed by atoms with E-state index in [-0.39, 0.29) is 6.07 Å². The Kier molecular flexibility index (Phi) is 5.22. The van der Waals surface area contributed by atoms with E-state index in [1.807, 2.05) is 0 Å². The van der Waals surface area contributed by atoms with Crippen molar-refractivity contribution >= 4 is 15.9 Å². The van der Waals surface area contributed by atoms with Crippen LogP contribution in [0.15, 0.2) is 22.7 Å². The molecule has 0 atom stereocenters. The largest absolute Gasteiger partial charge is 0.490 e. The topological polar surface area (TPSA) is 29.5 Å². The maximum absolute atomic E-state index is 12.6. The first kappa shape index (κ1) is 19.9. The van der Waals surface area contributed by atoms with E-state index >= 15 is 0 Å². The maximum atomic E-state index is 12.6. The van der Waals surface area contributed by atoms with E-state index in [1.165, 1.54) is 0 Å². The minimum atomic E-state index is -6.13. The number of benzene rings is 1. The third-order valence-electron chi connectivity index (χ3n) is 2.63. The van der Waals surface area contributed by atoms with Gasteiger partial charge in [0.1, 0.15) is 12.4 Å². The summed E-state index contributed by atoms with van der Waals surface area (Å²) < 4.78 is 116. The predicted molar refractivity (Wildman–Crippen MR) is 61.7 cm³/mol. The number of ether oxygens (including phenoxy) is 1. The molecule has 0 saturated heterocycles. The summed E-state index contributed by atoms with van der Waals surface area (Å²) in [6, 6.07) is 1.65. The van der Waals surface area contributed by atoms with Crippen LogP contribution in [0.1, 0.15) is 5.56 Å². The number of aliphatic hydroxyl groups is 1. The molecule has 0 heterocycles. The van der Waals surface area contributed by atoms with Gasteiger partial charge in [-0.25, -0.2) is 0 Å². The Morgan fingerprint density at radius 3 is 1.78 bits per heavy atom. The van der Waals surface area contributed by atoms with Crippen molar-refractivity contribution in [3.63, 3.8) is 0 Å². The van der Waals surface area contributed by atoms with Crippen LogP contribution in [0, 0.1) is 0 Å². The highest BCUT2D eigenvalue weighted by Crippen LogP contribution is 2.43. The zero-order valence-electron chi connectivity index (χ0n) is 10.6. The van der Waals surface area contributed by atoms with Crippen molar-refractivity contribution < 1.29 is 49.4 Å². The van der Waals surface area contributed by atoms with Gasteiger partial charge in [0, 0.05) is 4.47 Å². The molecule has 0 bridgehead atoms. The number of halogens is 10. The predicted octanol–water partition coefficient (Wildman–Crippen LogP) is 4.70. The van der Waals surface area contributed by atoms with Crippen LogP contribution in [-0.4, -0.2) is 29.7 Å². The molecular weight excluding hydrogens is 415 g/mol. The molecule has 0 spiro atoms. The lowest BCUT2D eigenvalue weighted by Crippen LogP contribution is -2.60. The fraction of sp³-hybridized carbons (Fsp3) is 0.455. The van der Waals surface area contributed by atoms with E-state index in [9.17, 15) is 39.5 Å². The van der Waals surface area contributed by atoms with Crippen molar-refractivity contribution in [1.82, 2.24) is 0 Å². The van der Waals surface area contributed by atoms with Gasteiger partial charge in [-0.1, -0.05) is 15.9 Å². The SMILES string of the molecule is OC(COc1ccc(Br)c(C(F)(F)F)c1)(C(F)(F)F)C(F)(F)F. The van der Waals surface area contributed by atoms with Crippen molar-refractivity contribution in [3.8, 4) is 5.75 Å². The van der Waals surface area contributed by atoms with Gasteiger partial charge in [0.25, 0.3) is 5.60 Å². The number of hydrogen-bond acceptors (Lipinski definition) is 2. The first-order valence-electron chi connectivity index (χ1n) is 5.45. The molecule has 0 aliphatic carbocycles. The Morgan fingerprint density at radius 2 is 1.39 bits per heavy atom. The van der Waals surface area contributed by atoms with E-state index in [0.717, 1.165) is 6.07 Å². The van der Waals surface area contributed by atoms with Crippen molar-refractivity contribution in [2.24, 2.45) is 0 Å². The summed E-state index contributed by atoms with van der Waals surface area (Å²) in [5.41, 5.74) is -6.58. The highest BCUT2D eigenvalue weighted by atomic mass is 79.9. The quantitative estimate of drug-likeness (QED) is 0.718.